The lowest BCUT2D eigenvalue weighted by Gasteiger charge is -2.37. The average Bonchev–Trinajstić information content (AvgIpc) is 3.00. The average molecular weight is 588 g/mol. The van der Waals surface area contributed by atoms with Crippen LogP contribution in [0.15, 0.2) is 53.4 Å². The quantitative estimate of drug-likeness (QED) is 0.417. The van der Waals surface area contributed by atoms with E-state index in [0.717, 1.165) is 23.3 Å². The van der Waals surface area contributed by atoms with Crippen molar-refractivity contribution in [3.8, 4) is 17.2 Å². The zero-order chi connectivity index (χ0) is 29.3. The third-order valence-electron chi connectivity index (χ3n) is 7.55. The molecule has 1 amide bonds. The van der Waals surface area contributed by atoms with E-state index in [4.69, 9.17) is 14.2 Å². The van der Waals surface area contributed by atoms with E-state index in [1.54, 1.807) is 31.3 Å². The Morgan fingerprint density at radius 1 is 0.756 bits per heavy atom. The summed E-state index contributed by atoms with van der Waals surface area (Å²) >= 11 is 0. The van der Waals surface area contributed by atoms with Crippen LogP contribution >= 0.6 is 0 Å². The summed E-state index contributed by atoms with van der Waals surface area (Å²) in [4.78, 5) is 16.5. The largest absolute Gasteiger partial charge is 0.495 e. The first kappa shape index (κ1) is 28.6. The summed E-state index contributed by atoms with van der Waals surface area (Å²) in [7, 11) is 0.773. The number of sulfonamides is 1. The number of piperazine rings is 1. The van der Waals surface area contributed by atoms with Crippen molar-refractivity contribution in [2.45, 2.75) is 17.9 Å². The molecule has 2 heterocycles. The first-order chi connectivity index (χ1) is 19.7. The number of nitrogens with zero attached hydrogens (tertiary/aromatic N) is 3. The Bertz CT molecular complexity index is 1570. The number of rotatable bonds is 7. The predicted molar refractivity (Wildman–Crippen MR) is 148 cm³/mol. The van der Waals surface area contributed by atoms with Crippen LogP contribution < -0.4 is 19.1 Å². The van der Waals surface area contributed by atoms with Crippen LogP contribution in [0.1, 0.15) is 21.5 Å². The molecule has 1 fully saturated rings. The fourth-order valence-corrected chi connectivity index (χ4v) is 6.69. The second kappa shape index (κ2) is 11.5. The number of hydrogen-bond donors (Lipinski definition) is 0. The smallest absolute Gasteiger partial charge is 0.254 e. The predicted octanol–water partition coefficient (Wildman–Crippen LogP) is 3.70. The molecule has 1 saturated heterocycles. The van der Waals surface area contributed by atoms with Gasteiger partial charge in [-0.15, -0.1) is 0 Å². The Morgan fingerprint density at radius 3 is 2.05 bits per heavy atom. The van der Waals surface area contributed by atoms with Crippen LogP contribution in [0.3, 0.4) is 0 Å². The number of fused-ring (bicyclic) bond motifs is 1. The van der Waals surface area contributed by atoms with Gasteiger partial charge in [-0.1, -0.05) is 0 Å². The van der Waals surface area contributed by atoms with Crippen molar-refractivity contribution in [1.29, 1.82) is 0 Å². The molecular formula is C29H31F2N3O6S. The van der Waals surface area contributed by atoms with Crippen LogP contribution in [0, 0.1) is 11.6 Å². The third-order valence-corrected chi connectivity index (χ3v) is 9.39. The highest BCUT2D eigenvalue weighted by Crippen LogP contribution is 2.37. The fourth-order valence-electron chi connectivity index (χ4n) is 5.25. The summed E-state index contributed by atoms with van der Waals surface area (Å²) < 4.78 is 72.2. The Morgan fingerprint density at radius 2 is 1.41 bits per heavy atom. The van der Waals surface area contributed by atoms with Crippen LogP contribution in [-0.2, 0) is 23.0 Å². The van der Waals surface area contributed by atoms with E-state index in [1.165, 1.54) is 23.5 Å². The number of carbonyl (C=O) groups excluding carboxylic acids is 1. The Hall–Kier alpha value is -3.90. The molecule has 218 valence electrons. The molecule has 0 aromatic heterocycles. The summed E-state index contributed by atoms with van der Waals surface area (Å²) in [6, 6.07) is 11.6. The standard InChI is InChI=1S/C29H31F2N3O6S/c1-38-26-7-5-22(41(36,37)34-9-8-19-15-27(39-2)28(40-3)16-21(19)18-34)17-25(26)32-10-12-33(13-11-32)29(35)20-4-6-23(30)24(31)14-20/h4-7,14-17H,8-13,18H2,1-3H3. The van der Waals surface area contributed by atoms with Crippen LogP contribution in [-0.4, -0.2) is 77.6 Å². The van der Waals surface area contributed by atoms with Gasteiger partial charge in [-0.05, 0) is 66.1 Å². The van der Waals surface area contributed by atoms with Crippen LogP contribution in [0.5, 0.6) is 17.2 Å². The normalized spacial score (nSPS) is 15.8. The molecule has 0 bridgehead atoms. The molecule has 0 radical (unpaired) electrons. The second-order valence-electron chi connectivity index (χ2n) is 9.81. The Balaban J connectivity index is 1.34. The molecule has 3 aromatic rings. The van der Waals surface area contributed by atoms with E-state index < -0.39 is 27.6 Å². The van der Waals surface area contributed by atoms with Gasteiger partial charge in [-0.2, -0.15) is 4.31 Å². The summed E-state index contributed by atoms with van der Waals surface area (Å²) in [6.45, 7) is 1.93. The van der Waals surface area contributed by atoms with Crippen molar-refractivity contribution < 1.29 is 36.2 Å². The monoisotopic (exact) mass is 587 g/mol. The van der Waals surface area contributed by atoms with Gasteiger partial charge in [0.2, 0.25) is 10.0 Å². The van der Waals surface area contributed by atoms with Crippen molar-refractivity contribution >= 4 is 21.6 Å². The molecule has 2 aliphatic rings. The second-order valence-corrected chi connectivity index (χ2v) is 11.7. The van der Waals surface area contributed by atoms with Crippen LogP contribution in [0.4, 0.5) is 14.5 Å². The number of ether oxygens (including phenoxy) is 3. The van der Waals surface area contributed by atoms with Gasteiger partial charge in [0.05, 0.1) is 31.9 Å². The molecule has 0 N–H and O–H groups in total. The van der Waals surface area contributed by atoms with E-state index in [2.05, 4.69) is 0 Å². The number of anilines is 1. The minimum absolute atomic E-state index is 0.0715. The van der Waals surface area contributed by atoms with Gasteiger partial charge >= 0.3 is 0 Å². The minimum atomic E-state index is -3.85. The highest BCUT2D eigenvalue weighted by molar-refractivity contribution is 7.89. The number of benzene rings is 3. The minimum Gasteiger partial charge on any atom is -0.495 e. The molecule has 12 heteroatoms. The molecule has 9 nitrogen and oxygen atoms in total. The lowest BCUT2D eigenvalue weighted by Crippen LogP contribution is -2.49. The number of carbonyl (C=O) groups is 1. The molecular weight excluding hydrogens is 556 g/mol. The van der Waals surface area contributed by atoms with Gasteiger partial charge in [0.1, 0.15) is 5.75 Å². The van der Waals surface area contributed by atoms with Crippen molar-refractivity contribution in [2.75, 3.05) is 59.0 Å². The van der Waals surface area contributed by atoms with E-state index in [0.29, 0.717) is 62.1 Å². The molecule has 3 aromatic carbocycles. The zero-order valence-corrected chi connectivity index (χ0v) is 23.8. The Labute approximate surface area is 237 Å². The maximum absolute atomic E-state index is 13.8. The number of amides is 1. The van der Waals surface area contributed by atoms with Gasteiger partial charge in [-0.3, -0.25) is 4.79 Å². The van der Waals surface area contributed by atoms with Gasteiger partial charge in [-0.25, -0.2) is 17.2 Å². The third kappa shape index (κ3) is 5.53. The van der Waals surface area contributed by atoms with Crippen molar-refractivity contribution in [1.82, 2.24) is 9.21 Å². The van der Waals surface area contributed by atoms with Crippen molar-refractivity contribution in [3.05, 3.63) is 76.9 Å². The molecule has 0 saturated carbocycles. The SMILES string of the molecule is COc1cc2c(cc1OC)CN(S(=O)(=O)c1ccc(OC)c(N3CCN(C(=O)c4ccc(F)c(F)c4)CC3)c1)CC2. The summed E-state index contributed by atoms with van der Waals surface area (Å²) in [6.07, 6.45) is 0.534. The van der Waals surface area contributed by atoms with Crippen molar-refractivity contribution in [2.24, 2.45) is 0 Å². The topological polar surface area (TPSA) is 88.6 Å². The first-order valence-electron chi connectivity index (χ1n) is 13.1. The highest BCUT2D eigenvalue weighted by Gasteiger charge is 2.31. The van der Waals surface area contributed by atoms with Gasteiger partial charge < -0.3 is 24.0 Å². The number of halogens is 2. The van der Waals surface area contributed by atoms with E-state index >= 15 is 0 Å². The van der Waals surface area contributed by atoms with Gasteiger partial charge in [0.15, 0.2) is 23.1 Å². The van der Waals surface area contributed by atoms with Crippen LogP contribution in [0.2, 0.25) is 0 Å². The molecule has 0 atom stereocenters. The molecule has 0 unspecified atom stereocenters. The maximum atomic E-state index is 13.8. The number of hydrogen-bond acceptors (Lipinski definition) is 7. The lowest BCUT2D eigenvalue weighted by atomic mass is 10.0. The van der Waals surface area contributed by atoms with Gasteiger partial charge in [0.25, 0.3) is 5.91 Å². The fraction of sp³-hybridized carbons (Fsp3) is 0.345. The first-order valence-corrected chi connectivity index (χ1v) is 14.5. The van der Waals surface area contributed by atoms with E-state index in [-0.39, 0.29) is 17.0 Å². The molecule has 0 aliphatic carbocycles. The Kier molecular flexibility index (Phi) is 8.05. The summed E-state index contributed by atoms with van der Waals surface area (Å²) in [5, 5.41) is 0. The van der Waals surface area contributed by atoms with Gasteiger partial charge in [0, 0.05) is 44.8 Å². The lowest BCUT2D eigenvalue weighted by molar-refractivity contribution is 0.0746. The maximum Gasteiger partial charge on any atom is 0.254 e. The number of methoxy groups -OCH3 is 3. The zero-order valence-electron chi connectivity index (χ0n) is 23.0. The molecule has 0 spiro atoms. The summed E-state index contributed by atoms with van der Waals surface area (Å²) in [5.74, 6) is -0.833. The molecule has 5 rings (SSSR count). The highest BCUT2D eigenvalue weighted by atomic mass is 32.2. The molecule has 2 aliphatic heterocycles. The van der Waals surface area contributed by atoms with E-state index in [9.17, 15) is 22.0 Å². The van der Waals surface area contributed by atoms with Crippen LogP contribution in [0.25, 0.3) is 0 Å². The van der Waals surface area contributed by atoms with Crippen molar-refractivity contribution in [3.63, 3.8) is 0 Å². The summed E-state index contributed by atoms with van der Waals surface area (Å²) in [5.41, 5.74) is 2.54. The van der Waals surface area contributed by atoms with E-state index in [1.807, 2.05) is 17.0 Å². The molecule has 41 heavy (non-hydrogen) atoms.